The number of esters is 1. The third-order valence-corrected chi connectivity index (χ3v) is 3.30. The molecule has 0 unspecified atom stereocenters. The molecule has 0 aliphatic heterocycles. The summed E-state index contributed by atoms with van der Waals surface area (Å²) in [6.45, 7) is 3.23. The summed E-state index contributed by atoms with van der Waals surface area (Å²) in [6, 6.07) is 7.34. The Kier molecular flexibility index (Phi) is 3.45. The van der Waals surface area contributed by atoms with E-state index in [2.05, 4.69) is 4.98 Å². The van der Waals surface area contributed by atoms with Crippen LogP contribution in [0.15, 0.2) is 24.3 Å². The first kappa shape index (κ1) is 12.1. The largest absolute Gasteiger partial charge is 0.406 e. The molecule has 0 aliphatic rings. The Morgan fingerprint density at radius 2 is 2.00 bits per heavy atom. The van der Waals surface area contributed by atoms with E-state index in [1.807, 2.05) is 19.1 Å². The Morgan fingerprint density at radius 3 is 2.59 bits per heavy atom. The van der Waals surface area contributed by atoms with Crippen LogP contribution in [-0.2, 0) is 4.79 Å². The summed E-state index contributed by atoms with van der Waals surface area (Å²) in [5.41, 5.74) is 0.941. The fourth-order valence-corrected chi connectivity index (χ4v) is 2.38. The molecule has 0 atom stereocenters. The highest BCUT2D eigenvalue weighted by Crippen LogP contribution is 2.35. The van der Waals surface area contributed by atoms with Gasteiger partial charge in [-0.25, -0.2) is 4.98 Å². The molecule has 0 N–H and O–H groups in total. The van der Waals surface area contributed by atoms with Gasteiger partial charge in [-0.2, -0.15) is 0 Å². The van der Waals surface area contributed by atoms with Crippen LogP contribution in [0.25, 0.3) is 10.4 Å². The van der Waals surface area contributed by atoms with Crippen LogP contribution >= 0.6 is 22.9 Å². The molecule has 3 nitrogen and oxygen atoms in total. The minimum absolute atomic E-state index is 0.363. The third kappa shape index (κ3) is 2.84. The van der Waals surface area contributed by atoms with E-state index >= 15 is 0 Å². The van der Waals surface area contributed by atoms with Gasteiger partial charge in [-0.3, -0.25) is 4.79 Å². The molecule has 0 saturated carbocycles. The highest BCUT2D eigenvalue weighted by atomic mass is 35.5. The van der Waals surface area contributed by atoms with Crippen LogP contribution in [0.2, 0.25) is 5.02 Å². The van der Waals surface area contributed by atoms with E-state index < -0.39 is 0 Å². The van der Waals surface area contributed by atoms with Crippen molar-refractivity contribution in [1.82, 2.24) is 4.98 Å². The Labute approximate surface area is 108 Å². The van der Waals surface area contributed by atoms with E-state index in [9.17, 15) is 4.79 Å². The van der Waals surface area contributed by atoms with Crippen molar-refractivity contribution in [3.8, 4) is 16.3 Å². The highest BCUT2D eigenvalue weighted by Gasteiger charge is 2.14. The molecule has 88 valence electrons. The van der Waals surface area contributed by atoms with Crippen molar-refractivity contribution < 1.29 is 9.53 Å². The topological polar surface area (TPSA) is 39.2 Å². The van der Waals surface area contributed by atoms with Crippen LogP contribution in [0, 0.1) is 6.92 Å². The molecule has 2 aromatic rings. The fraction of sp³-hybridized carbons (Fsp3) is 0.167. The van der Waals surface area contributed by atoms with Crippen molar-refractivity contribution in [2.75, 3.05) is 0 Å². The smallest absolute Gasteiger partial charge is 0.309 e. The molecule has 2 rings (SSSR count). The molecule has 5 heteroatoms. The fourth-order valence-electron chi connectivity index (χ4n) is 1.40. The normalized spacial score (nSPS) is 10.3. The van der Waals surface area contributed by atoms with Gasteiger partial charge in [0, 0.05) is 11.9 Å². The lowest BCUT2D eigenvalue weighted by molar-refractivity contribution is -0.132. The molecular weight excluding hydrogens is 258 g/mol. The maximum atomic E-state index is 11.0. The molecule has 0 radical (unpaired) electrons. The number of rotatable bonds is 2. The van der Waals surface area contributed by atoms with Crippen molar-refractivity contribution in [3.05, 3.63) is 34.3 Å². The average molecular weight is 268 g/mol. The number of carbonyl (C=O) groups is 1. The molecule has 1 aromatic heterocycles. The van der Waals surface area contributed by atoms with Crippen LogP contribution in [-0.4, -0.2) is 11.0 Å². The van der Waals surface area contributed by atoms with Gasteiger partial charge in [0.25, 0.3) is 0 Å². The number of hydrogen-bond acceptors (Lipinski definition) is 4. The monoisotopic (exact) mass is 267 g/mol. The summed E-state index contributed by atoms with van der Waals surface area (Å²) in [4.78, 5) is 16.0. The maximum Gasteiger partial charge on any atom is 0.309 e. The summed E-state index contributed by atoms with van der Waals surface area (Å²) < 4.78 is 5.08. The van der Waals surface area contributed by atoms with Gasteiger partial charge in [-0.1, -0.05) is 23.7 Å². The van der Waals surface area contributed by atoms with E-state index in [0.717, 1.165) is 15.4 Å². The number of aryl methyl sites for hydroxylation is 1. The van der Waals surface area contributed by atoms with Gasteiger partial charge < -0.3 is 4.74 Å². The number of halogens is 1. The molecule has 1 heterocycles. The maximum absolute atomic E-state index is 11.0. The number of thiazole rings is 1. The van der Waals surface area contributed by atoms with Gasteiger partial charge in [0.15, 0.2) is 0 Å². The molecule has 17 heavy (non-hydrogen) atoms. The van der Waals surface area contributed by atoms with Crippen molar-refractivity contribution in [2.45, 2.75) is 13.8 Å². The van der Waals surface area contributed by atoms with Crippen LogP contribution < -0.4 is 4.74 Å². The zero-order chi connectivity index (χ0) is 12.4. The summed E-state index contributed by atoms with van der Waals surface area (Å²) in [5, 5.41) is 1.52. The lowest BCUT2D eigenvalue weighted by Gasteiger charge is -2.01. The predicted octanol–water partition coefficient (Wildman–Crippen LogP) is 3.70. The minimum Gasteiger partial charge on any atom is -0.406 e. The molecule has 0 amide bonds. The molecule has 0 fully saturated rings. The first-order chi connectivity index (χ1) is 8.06. The van der Waals surface area contributed by atoms with Crippen LogP contribution in [0.4, 0.5) is 0 Å². The second kappa shape index (κ2) is 4.85. The van der Waals surface area contributed by atoms with Gasteiger partial charge in [0.05, 0.1) is 9.88 Å². The lowest BCUT2D eigenvalue weighted by Crippen LogP contribution is -2.02. The summed E-state index contributed by atoms with van der Waals surface area (Å²) >= 11 is 7.31. The van der Waals surface area contributed by atoms with Crippen molar-refractivity contribution >= 4 is 28.9 Å². The Balaban J connectivity index is 2.43. The van der Waals surface area contributed by atoms with Gasteiger partial charge in [-0.15, -0.1) is 11.3 Å². The number of benzene rings is 1. The highest BCUT2D eigenvalue weighted by molar-refractivity contribution is 7.15. The standard InChI is InChI=1S/C12H10ClNO2S/c1-7-14-12(16-8(2)15)11(17-7)9-3-5-10(13)6-4-9/h3-6H,1-2H3. The third-order valence-electron chi connectivity index (χ3n) is 2.05. The summed E-state index contributed by atoms with van der Waals surface area (Å²) in [5.74, 6) is -0.00663. The van der Waals surface area contributed by atoms with Gasteiger partial charge in [0.1, 0.15) is 0 Å². The minimum atomic E-state index is -0.370. The van der Waals surface area contributed by atoms with Crippen LogP contribution in [0.1, 0.15) is 11.9 Å². The van der Waals surface area contributed by atoms with Gasteiger partial charge in [-0.05, 0) is 24.6 Å². The molecular formula is C12H10ClNO2S. The predicted molar refractivity (Wildman–Crippen MR) is 68.6 cm³/mol. The van der Waals surface area contributed by atoms with E-state index in [1.165, 1.54) is 18.3 Å². The molecule has 1 aromatic carbocycles. The van der Waals surface area contributed by atoms with E-state index in [1.54, 1.807) is 12.1 Å². The molecule has 0 spiro atoms. The number of ether oxygens (including phenoxy) is 1. The number of carbonyl (C=O) groups excluding carboxylic acids is 1. The second-order valence-electron chi connectivity index (χ2n) is 3.47. The van der Waals surface area contributed by atoms with E-state index in [-0.39, 0.29) is 5.97 Å². The Bertz CT molecular complexity index is 548. The average Bonchev–Trinajstić information content (AvgIpc) is 2.59. The van der Waals surface area contributed by atoms with Crippen molar-refractivity contribution in [1.29, 1.82) is 0 Å². The number of hydrogen-bond donors (Lipinski definition) is 0. The second-order valence-corrected chi connectivity index (χ2v) is 5.11. The van der Waals surface area contributed by atoms with Crippen LogP contribution in [0.5, 0.6) is 5.88 Å². The first-order valence-corrected chi connectivity index (χ1v) is 6.17. The SMILES string of the molecule is CC(=O)Oc1nc(C)sc1-c1ccc(Cl)cc1. The Hall–Kier alpha value is -1.39. The molecule has 0 aliphatic carbocycles. The van der Waals surface area contributed by atoms with E-state index in [4.69, 9.17) is 16.3 Å². The van der Waals surface area contributed by atoms with Gasteiger partial charge >= 0.3 is 5.97 Å². The summed E-state index contributed by atoms with van der Waals surface area (Å²) in [6.07, 6.45) is 0. The summed E-state index contributed by atoms with van der Waals surface area (Å²) in [7, 11) is 0. The zero-order valence-electron chi connectivity index (χ0n) is 9.36. The lowest BCUT2D eigenvalue weighted by atomic mass is 10.2. The van der Waals surface area contributed by atoms with Crippen molar-refractivity contribution in [2.24, 2.45) is 0 Å². The van der Waals surface area contributed by atoms with Crippen LogP contribution in [0.3, 0.4) is 0 Å². The van der Waals surface area contributed by atoms with E-state index in [0.29, 0.717) is 10.9 Å². The van der Waals surface area contributed by atoms with Crippen molar-refractivity contribution in [3.63, 3.8) is 0 Å². The van der Waals surface area contributed by atoms with Gasteiger partial charge in [0.2, 0.25) is 5.88 Å². The quantitative estimate of drug-likeness (QED) is 0.779. The number of aromatic nitrogens is 1. The Morgan fingerprint density at radius 1 is 1.35 bits per heavy atom. The number of nitrogens with zero attached hydrogens (tertiary/aromatic N) is 1. The first-order valence-electron chi connectivity index (χ1n) is 4.98. The zero-order valence-corrected chi connectivity index (χ0v) is 10.9. The molecule has 0 bridgehead atoms. The molecule has 0 saturated heterocycles.